The Balaban J connectivity index is 1.39. The van der Waals surface area contributed by atoms with Crippen LogP contribution in [0.3, 0.4) is 0 Å². The number of pyridine rings is 2. The molecule has 0 aliphatic carbocycles. The lowest BCUT2D eigenvalue weighted by Crippen LogP contribution is -2.36. The number of hydrogen-bond acceptors (Lipinski definition) is 8. The number of carbonyl (C=O) groups is 1. The van der Waals surface area contributed by atoms with Gasteiger partial charge in [-0.25, -0.2) is 14.4 Å². The number of halogens is 1. The Labute approximate surface area is 216 Å². The Hall–Kier alpha value is -3.66. The molecule has 1 saturated heterocycles. The fourth-order valence-electron chi connectivity index (χ4n) is 5.14. The maximum atomic E-state index is 13.9. The van der Waals surface area contributed by atoms with Crippen molar-refractivity contribution >= 4 is 23.2 Å². The van der Waals surface area contributed by atoms with Crippen molar-refractivity contribution in [3.63, 3.8) is 0 Å². The van der Waals surface area contributed by atoms with E-state index in [1.165, 1.54) is 18.6 Å². The van der Waals surface area contributed by atoms with E-state index in [1.807, 2.05) is 26.0 Å². The zero-order valence-corrected chi connectivity index (χ0v) is 21.5. The van der Waals surface area contributed by atoms with Crippen LogP contribution in [0, 0.1) is 5.82 Å². The molecule has 0 aromatic carbocycles. The highest BCUT2D eigenvalue weighted by atomic mass is 19.1. The van der Waals surface area contributed by atoms with Crippen molar-refractivity contribution in [1.29, 1.82) is 0 Å². The Morgan fingerprint density at radius 2 is 1.97 bits per heavy atom. The third-order valence-corrected chi connectivity index (χ3v) is 7.23. The number of fused-ring (bicyclic) bond motifs is 1. The Morgan fingerprint density at radius 3 is 2.73 bits per heavy atom. The first-order chi connectivity index (χ1) is 17.9. The molecule has 0 radical (unpaired) electrons. The van der Waals surface area contributed by atoms with Crippen LogP contribution in [-0.2, 0) is 10.2 Å². The van der Waals surface area contributed by atoms with E-state index in [9.17, 15) is 9.18 Å². The van der Waals surface area contributed by atoms with E-state index in [2.05, 4.69) is 42.7 Å². The minimum atomic E-state index is -0.679. The summed E-state index contributed by atoms with van der Waals surface area (Å²) in [7, 11) is 0. The third kappa shape index (κ3) is 4.98. The Morgan fingerprint density at radius 1 is 1.16 bits per heavy atom. The van der Waals surface area contributed by atoms with Crippen LogP contribution in [0.15, 0.2) is 36.9 Å². The number of amides is 1. The molecule has 5 rings (SSSR count). The minimum absolute atomic E-state index is 0.0553. The van der Waals surface area contributed by atoms with Gasteiger partial charge in [-0.3, -0.25) is 14.8 Å². The summed E-state index contributed by atoms with van der Waals surface area (Å²) in [6.07, 6.45) is 6.11. The number of aromatic nitrogens is 4. The standard InChI is InChI=1S/C27H33FN8O/c1-4-29-9-10-31-21-6-5-20(18-13-19(28)15-30-14-18)34-23(21)17-7-11-36(12-8-17)25-22-24(32-16-33-25)35-26(37)27(22,2)3/h5-6,13-17,29,31H,4,7-12H2,1-3H3,(H,32,33,35,37). The molecule has 9 nitrogen and oxygen atoms in total. The molecule has 0 saturated carbocycles. The topological polar surface area (TPSA) is 108 Å². The summed E-state index contributed by atoms with van der Waals surface area (Å²) in [5.41, 5.74) is 3.55. The van der Waals surface area contributed by atoms with Gasteiger partial charge in [0.25, 0.3) is 0 Å². The summed E-state index contributed by atoms with van der Waals surface area (Å²) in [6.45, 7) is 10.0. The van der Waals surface area contributed by atoms with Crippen LogP contribution in [0.2, 0.25) is 0 Å². The lowest BCUT2D eigenvalue weighted by molar-refractivity contribution is -0.119. The fourth-order valence-corrected chi connectivity index (χ4v) is 5.14. The number of piperidine rings is 1. The fraction of sp³-hybridized carbons (Fsp3) is 0.444. The number of anilines is 3. The average Bonchev–Trinajstić information content (AvgIpc) is 3.14. The van der Waals surface area contributed by atoms with Gasteiger partial charge < -0.3 is 20.9 Å². The molecular formula is C27H33FN8O. The zero-order valence-electron chi connectivity index (χ0n) is 21.5. The highest BCUT2D eigenvalue weighted by molar-refractivity contribution is 6.06. The van der Waals surface area contributed by atoms with Gasteiger partial charge in [-0.05, 0) is 51.4 Å². The second-order valence-electron chi connectivity index (χ2n) is 10.1. The number of nitrogens with one attached hydrogen (secondary N) is 3. The van der Waals surface area contributed by atoms with Gasteiger partial charge in [-0.2, -0.15) is 0 Å². The predicted molar refractivity (Wildman–Crippen MR) is 142 cm³/mol. The first-order valence-electron chi connectivity index (χ1n) is 12.9. The van der Waals surface area contributed by atoms with Gasteiger partial charge in [0.2, 0.25) is 5.91 Å². The number of nitrogens with zero attached hydrogens (tertiary/aromatic N) is 5. The molecule has 1 amide bonds. The molecule has 2 aliphatic rings. The zero-order chi connectivity index (χ0) is 26.0. The molecule has 0 unspecified atom stereocenters. The van der Waals surface area contributed by atoms with Gasteiger partial charge in [0, 0.05) is 43.9 Å². The second-order valence-corrected chi connectivity index (χ2v) is 10.1. The van der Waals surface area contributed by atoms with Crippen molar-refractivity contribution in [2.75, 3.05) is 48.3 Å². The highest BCUT2D eigenvalue weighted by Crippen LogP contribution is 2.43. The van der Waals surface area contributed by atoms with Crippen LogP contribution in [-0.4, -0.2) is 58.6 Å². The molecule has 37 heavy (non-hydrogen) atoms. The highest BCUT2D eigenvalue weighted by Gasteiger charge is 2.43. The molecule has 1 fully saturated rings. The van der Waals surface area contributed by atoms with E-state index in [-0.39, 0.29) is 17.6 Å². The van der Waals surface area contributed by atoms with Gasteiger partial charge in [-0.15, -0.1) is 0 Å². The monoisotopic (exact) mass is 504 g/mol. The number of likely N-dealkylation sites (N-methyl/N-ethyl adjacent to an activating group) is 1. The largest absolute Gasteiger partial charge is 0.382 e. The summed E-state index contributed by atoms with van der Waals surface area (Å²) in [5, 5.41) is 9.76. The van der Waals surface area contributed by atoms with Crippen molar-refractivity contribution in [2.24, 2.45) is 0 Å². The lowest BCUT2D eigenvalue weighted by atomic mass is 9.86. The molecule has 3 aromatic heterocycles. The Bertz CT molecular complexity index is 1290. The van der Waals surface area contributed by atoms with E-state index in [1.54, 1.807) is 6.20 Å². The second kappa shape index (κ2) is 10.4. The molecule has 3 N–H and O–H groups in total. The molecule has 0 spiro atoms. The molecule has 0 bridgehead atoms. The van der Waals surface area contributed by atoms with Crippen molar-refractivity contribution in [2.45, 2.75) is 44.9 Å². The molecule has 194 valence electrons. The molecule has 0 atom stereocenters. The summed E-state index contributed by atoms with van der Waals surface area (Å²) in [4.78, 5) is 32.6. The summed E-state index contributed by atoms with van der Waals surface area (Å²) in [5.74, 6) is 1.22. The number of carbonyl (C=O) groups excluding carboxylic acids is 1. The maximum Gasteiger partial charge on any atom is 0.235 e. The molecule has 5 heterocycles. The molecular weight excluding hydrogens is 471 g/mol. The maximum absolute atomic E-state index is 13.9. The van der Waals surface area contributed by atoms with Crippen molar-refractivity contribution < 1.29 is 9.18 Å². The predicted octanol–water partition coefficient (Wildman–Crippen LogP) is 3.71. The van der Waals surface area contributed by atoms with Crippen molar-refractivity contribution in [3.8, 4) is 11.3 Å². The van der Waals surface area contributed by atoms with Gasteiger partial charge in [0.05, 0.1) is 34.3 Å². The molecule has 2 aliphatic heterocycles. The minimum Gasteiger partial charge on any atom is -0.382 e. The quantitative estimate of drug-likeness (QED) is 0.399. The normalized spacial score (nSPS) is 17.0. The Kier molecular flexibility index (Phi) is 7.01. The van der Waals surface area contributed by atoms with Crippen LogP contribution < -0.4 is 20.9 Å². The van der Waals surface area contributed by atoms with Gasteiger partial charge in [0.1, 0.15) is 23.8 Å². The lowest BCUT2D eigenvalue weighted by Gasteiger charge is -2.35. The smallest absolute Gasteiger partial charge is 0.235 e. The van der Waals surface area contributed by atoms with Crippen molar-refractivity contribution in [1.82, 2.24) is 25.3 Å². The average molecular weight is 505 g/mol. The third-order valence-electron chi connectivity index (χ3n) is 7.23. The van der Waals surface area contributed by atoms with Gasteiger partial charge in [-0.1, -0.05) is 6.92 Å². The van der Waals surface area contributed by atoms with E-state index in [0.717, 1.165) is 68.3 Å². The van der Waals surface area contributed by atoms with Crippen LogP contribution in [0.5, 0.6) is 0 Å². The number of rotatable bonds is 8. The summed E-state index contributed by atoms with van der Waals surface area (Å²) in [6, 6.07) is 5.42. The van der Waals surface area contributed by atoms with E-state index >= 15 is 0 Å². The molecule has 3 aromatic rings. The molecule has 10 heteroatoms. The van der Waals surface area contributed by atoms with Crippen molar-refractivity contribution in [3.05, 3.63) is 54.0 Å². The SMILES string of the molecule is CCNCCNc1ccc(-c2cncc(F)c2)nc1C1CCN(c2ncnc3c2C(C)(C)C(=O)N3)CC1. The first-order valence-corrected chi connectivity index (χ1v) is 12.9. The van der Waals surface area contributed by atoms with E-state index in [4.69, 9.17) is 4.98 Å². The summed E-state index contributed by atoms with van der Waals surface area (Å²) < 4.78 is 13.9. The number of hydrogen-bond donors (Lipinski definition) is 3. The first kappa shape index (κ1) is 25.0. The van der Waals surface area contributed by atoms with E-state index < -0.39 is 5.41 Å². The van der Waals surface area contributed by atoms with Crippen LogP contribution in [0.4, 0.5) is 21.7 Å². The van der Waals surface area contributed by atoms with E-state index in [0.29, 0.717) is 17.1 Å². The summed E-state index contributed by atoms with van der Waals surface area (Å²) >= 11 is 0. The van der Waals surface area contributed by atoms with Crippen LogP contribution in [0.1, 0.15) is 50.8 Å². The van der Waals surface area contributed by atoms with Gasteiger partial charge >= 0.3 is 0 Å². The van der Waals surface area contributed by atoms with Gasteiger partial charge in [0.15, 0.2) is 0 Å². The van der Waals surface area contributed by atoms with Crippen LogP contribution in [0.25, 0.3) is 11.3 Å². The van der Waals surface area contributed by atoms with Crippen LogP contribution >= 0.6 is 0 Å².